The van der Waals surface area contributed by atoms with E-state index in [0.29, 0.717) is 0 Å². The van der Waals surface area contributed by atoms with Gasteiger partial charge in [-0.05, 0) is 31.2 Å². The van der Waals surface area contributed by atoms with Crippen molar-refractivity contribution < 1.29 is 9.13 Å². The van der Waals surface area contributed by atoms with E-state index in [1.54, 1.807) is 0 Å². The first-order chi connectivity index (χ1) is 8.13. The van der Waals surface area contributed by atoms with Gasteiger partial charge >= 0.3 is 0 Å². The van der Waals surface area contributed by atoms with Gasteiger partial charge in [-0.2, -0.15) is 5.10 Å². The third kappa shape index (κ3) is 2.51. The van der Waals surface area contributed by atoms with Crippen LogP contribution < -0.4 is 0 Å². The molecule has 1 fully saturated rings. The van der Waals surface area contributed by atoms with E-state index in [-0.39, 0.29) is 18.6 Å². The van der Waals surface area contributed by atoms with Crippen LogP contribution in [0.2, 0.25) is 0 Å². The zero-order valence-electron chi connectivity index (χ0n) is 10.8. The zero-order chi connectivity index (χ0) is 12.4. The fourth-order valence-corrected chi connectivity index (χ4v) is 2.67. The standard InChI is InChI=1S/C13H21FN2O/c1-4-10-5-6-12(17-8-11(10)14)13-9(2)7-15-16(13)3/h7,10-12H,4-6,8H2,1-3H3/t10-,11+,12+/m1/s1. The molecule has 2 heterocycles. The summed E-state index contributed by atoms with van der Waals surface area (Å²) in [5.41, 5.74) is 2.22. The number of hydrogen-bond acceptors (Lipinski definition) is 2. The SMILES string of the molecule is CC[C@@H]1CC[C@@H](c2c(C)cnn2C)OC[C@@H]1F. The largest absolute Gasteiger partial charge is 0.369 e. The van der Waals surface area contributed by atoms with Crippen molar-refractivity contribution in [2.45, 2.75) is 45.4 Å². The van der Waals surface area contributed by atoms with Crippen LogP contribution in [0.4, 0.5) is 4.39 Å². The molecule has 1 aliphatic heterocycles. The number of halogens is 1. The van der Waals surface area contributed by atoms with Gasteiger partial charge in [0, 0.05) is 7.05 Å². The second kappa shape index (κ2) is 5.17. The number of ether oxygens (including phenoxy) is 1. The van der Waals surface area contributed by atoms with Gasteiger partial charge in [0.25, 0.3) is 0 Å². The Labute approximate surface area is 102 Å². The maximum absolute atomic E-state index is 13.8. The van der Waals surface area contributed by atoms with E-state index in [1.807, 2.05) is 31.8 Å². The molecule has 17 heavy (non-hydrogen) atoms. The molecule has 0 aliphatic carbocycles. The van der Waals surface area contributed by atoms with Gasteiger partial charge in [-0.3, -0.25) is 4.68 Å². The second-order valence-corrected chi connectivity index (χ2v) is 4.92. The molecule has 0 saturated carbocycles. The minimum absolute atomic E-state index is 0.00250. The number of alkyl halides is 1. The summed E-state index contributed by atoms with van der Waals surface area (Å²) in [4.78, 5) is 0. The van der Waals surface area contributed by atoms with Crippen LogP contribution in [0.15, 0.2) is 6.20 Å². The summed E-state index contributed by atoms with van der Waals surface area (Å²) in [6, 6.07) is 0. The average molecular weight is 240 g/mol. The third-order valence-corrected chi connectivity index (χ3v) is 3.77. The van der Waals surface area contributed by atoms with Crippen LogP contribution in [-0.2, 0) is 11.8 Å². The molecule has 0 amide bonds. The first-order valence-corrected chi connectivity index (χ1v) is 6.37. The molecule has 3 atom stereocenters. The van der Waals surface area contributed by atoms with E-state index in [2.05, 4.69) is 5.10 Å². The Morgan fingerprint density at radius 2 is 2.29 bits per heavy atom. The molecule has 0 aromatic carbocycles. The molecule has 1 saturated heterocycles. The number of rotatable bonds is 2. The topological polar surface area (TPSA) is 27.1 Å². The van der Waals surface area contributed by atoms with Gasteiger partial charge in [-0.1, -0.05) is 13.3 Å². The minimum Gasteiger partial charge on any atom is -0.369 e. The van der Waals surface area contributed by atoms with Gasteiger partial charge in [-0.15, -0.1) is 0 Å². The molecule has 4 heteroatoms. The summed E-state index contributed by atoms with van der Waals surface area (Å²) in [6.45, 7) is 4.29. The van der Waals surface area contributed by atoms with Crippen molar-refractivity contribution in [1.29, 1.82) is 0 Å². The summed E-state index contributed by atoms with van der Waals surface area (Å²) in [7, 11) is 1.92. The lowest BCUT2D eigenvalue weighted by atomic mass is 9.94. The summed E-state index contributed by atoms with van der Waals surface area (Å²) >= 11 is 0. The maximum Gasteiger partial charge on any atom is 0.126 e. The molecule has 3 nitrogen and oxygen atoms in total. The average Bonchev–Trinajstić information content (AvgIpc) is 2.54. The van der Waals surface area contributed by atoms with E-state index < -0.39 is 6.17 Å². The summed E-state index contributed by atoms with van der Waals surface area (Å²) in [5.74, 6) is 0.147. The Hall–Kier alpha value is -0.900. The van der Waals surface area contributed by atoms with Crippen molar-refractivity contribution in [3.05, 3.63) is 17.5 Å². The molecule has 0 bridgehead atoms. The van der Waals surface area contributed by atoms with Gasteiger partial charge in [0.2, 0.25) is 0 Å². The molecular formula is C13H21FN2O. The van der Waals surface area contributed by atoms with Crippen LogP contribution in [0.5, 0.6) is 0 Å². The second-order valence-electron chi connectivity index (χ2n) is 4.92. The van der Waals surface area contributed by atoms with Crippen LogP contribution in [-0.4, -0.2) is 22.6 Å². The molecule has 0 N–H and O–H groups in total. The van der Waals surface area contributed by atoms with Crippen LogP contribution >= 0.6 is 0 Å². The van der Waals surface area contributed by atoms with E-state index in [0.717, 1.165) is 30.5 Å². The van der Waals surface area contributed by atoms with E-state index in [1.165, 1.54) is 0 Å². The third-order valence-electron chi connectivity index (χ3n) is 3.77. The van der Waals surface area contributed by atoms with E-state index in [9.17, 15) is 4.39 Å². The van der Waals surface area contributed by atoms with Crippen molar-refractivity contribution in [3.63, 3.8) is 0 Å². The van der Waals surface area contributed by atoms with Gasteiger partial charge in [0.1, 0.15) is 6.17 Å². The first-order valence-electron chi connectivity index (χ1n) is 6.37. The quantitative estimate of drug-likeness (QED) is 0.794. The van der Waals surface area contributed by atoms with Crippen molar-refractivity contribution in [3.8, 4) is 0 Å². The number of aryl methyl sites for hydroxylation is 2. The Morgan fingerprint density at radius 3 is 2.88 bits per heavy atom. The zero-order valence-corrected chi connectivity index (χ0v) is 10.8. The molecule has 0 radical (unpaired) electrons. The van der Waals surface area contributed by atoms with Gasteiger partial charge in [0.15, 0.2) is 0 Å². The van der Waals surface area contributed by atoms with Crippen molar-refractivity contribution in [2.24, 2.45) is 13.0 Å². The maximum atomic E-state index is 13.8. The Balaban J connectivity index is 2.14. The minimum atomic E-state index is -0.821. The highest BCUT2D eigenvalue weighted by Gasteiger charge is 2.29. The molecule has 96 valence electrons. The van der Waals surface area contributed by atoms with Gasteiger partial charge < -0.3 is 4.74 Å². The predicted molar refractivity (Wildman–Crippen MR) is 64.5 cm³/mol. The fourth-order valence-electron chi connectivity index (χ4n) is 2.67. The molecule has 1 aliphatic rings. The van der Waals surface area contributed by atoms with Crippen LogP contribution in [0, 0.1) is 12.8 Å². The highest BCUT2D eigenvalue weighted by Crippen LogP contribution is 2.33. The molecule has 1 aromatic heterocycles. The summed E-state index contributed by atoms with van der Waals surface area (Å²) in [6.07, 6.45) is 3.69. The normalized spacial score (nSPS) is 30.2. The van der Waals surface area contributed by atoms with Crippen LogP contribution in [0.3, 0.4) is 0 Å². The highest BCUT2D eigenvalue weighted by atomic mass is 19.1. The number of aromatic nitrogens is 2. The van der Waals surface area contributed by atoms with Crippen molar-refractivity contribution in [1.82, 2.24) is 9.78 Å². The Morgan fingerprint density at radius 1 is 1.53 bits per heavy atom. The Kier molecular flexibility index (Phi) is 3.82. The predicted octanol–water partition coefficient (Wildman–Crippen LogP) is 2.94. The molecule has 1 aromatic rings. The van der Waals surface area contributed by atoms with E-state index in [4.69, 9.17) is 4.74 Å². The molecule has 0 unspecified atom stereocenters. The molecule has 0 spiro atoms. The molecule has 2 rings (SSSR count). The van der Waals surface area contributed by atoms with Gasteiger partial charge in [-0.25, -0.2) is 4.39 Å². The fraction of sp³-hybridized carbons (Fsp3) is 0.769. The Bertz CT molecular complexity index is 358. The van der Waals surface area contributed by atoms with Crippen molar-refractivity contribution >= 4 is 0 Å². The highest BCUT2D eigenvalue weighted by molar-refractivity contribution is 5.18. The summed E-state index contributed by atoms with van der Waals surface area (Å²) in [5, 5.41) is 4.22. The lowest BCUT2D eigenvalue weighted by Crippen LogP contribution is -2.18. The lowest BCUT2D eigenvalue weighted by molar-refractivity contribution is 0.0194. The summed E-state index contributed by atoms with van der Waals surface area (Å²) < 4.78 is 21.3. The van der Waals surface area contributed by atoms with Crippen LogP contribution in [0.25, 0.3) is 0 Å². The van der Waals surface area contributed by atoms with E-state index >= 15 is 0 Å². The van der Waals surface area contributed by atoms with Crippen LogP contribution in [0.1, 0.15) is 43.5 Å². The smallest absolute Gasteiger partial charge is 0.126 e. The van der Waals surface area contributed by atoms with Crippen molar-refractivity contribution in [2.75, 3.05) is 6.61 Å². The monoisotopic (exact) mass is 240 g/mol. The first kappa shape index (κ1) is 12.6. The van der Waals surface area contributed by atoms with Gasteiger partial charge in [0.05, 0.1) is 24.6 Å². The number of nitrogens with zero attached hydrogens (tertiary/aromatic N) is 2. The number of hydrogen-bond donors (Lipinski definition) is 0. The molecular weight excluding hydrogens is 219 g/mol. The lowest BCUT2D eigenvalue weighted by Gasteiger charge is -2.16.